The number of aromatic nitrogens is 2. The Morgan fingerprint density at radius 1 is 1.30 bits per heavy atom. The molecule has 0 bridgehead atoms. The summed E-state index contributed by atoms with van der Waals surface area (Å²) in [6.45, 7) is 1.72. The van der Waals surface area contributed by atoms with Gasteiger partial charge in [-0.05, 0) is 36.6 Å². The number of carbonyl (C=O) groups excluding carboxylic acids is 1. The van der Waals surface area contributed by atoms with Crippen LogP contribution in [0.25, 0.3) is 0 Å². The lowest BCUT2D eigenvalue weighted by Crippen LogP contribution is -2.34. The molecule has 1 aromatic carbocycles. The number of carbonyl (C=O) groups is 1. The standard InChI is InChI=1S/C17H18Cl2N4O2.2ClH/c18-13-2-1-3-14(19)11(13)6-15-21-8-12(16(24)22-15)17(25)23-5-4-10(7-20)9-23;;/h1-3,8,10H,4-7,9,20H2,(H,21,22,24);2*1H. The molecule has 148 valence electrons. The van der Waals surface area contributed by atoms with Crippen LogP contribution in [0.5, 0.6) is 0 Å². The van der Waals surface area contributed by atoms with Crippen molar-refractivity contribution >= 4 is 53.9 Å². The Bertz CT molecular complexity index is 839. The molecule has 6 nitrogen and oxygen atoms in total. The summed E-state index contributed by atoms with van der Waals surface area (Å²) in [5, 5.41) is 1.00. The van der Waals surface area contributed by atoms with Crippen molar-refractivity contribution in [2.24, 2.45) is 11.7 Å². The van der Waals surface area contributed by atoms with Gasteiger partial charge >= 0.3 is 0 Å². The molecule has 27 heavy (non-hydrogen) atoms. The Kier molecular flexibility index (Phi) is 9.05. The van der Waals surface area contributed by atoms with Crippen LogP contribution in [0, 0.1) is 5.92 Å². The smallest absolute Gasteiger partial charge is 0.263 e. The number of aromatic amines is 1. The normalized spacial score (nSPS) is 15.8. The van der Waals surface area contributed by atoms with Crippen LogP contribution in [-0.2, 0) is 6.42 Å². The van der Waals surface area contributed by atoms with E-state index >= 15 is 0 Å². The van der Waals surface area contributed by atoms with Crippen LogP contribution in [0.3, 0.4) is 0 Å². The van der Waals surface area contributed by atoms with Crippen LogP contribution in [0.4, 0.5) is 0 Å². The molecule has 1 aliphatic rings. The molecule has 0 spiro atoms. The van der Waals surface area contributed by atoms with Gasteiger partial charge in [0.05, 0.1) is 0 Å². The minimum absolute atomic E-state index is 0. The van der Waals surface area contributed by atoms with Crippen molar-refractivity contribution in [1.29, 1.82) is 0 Å². The van der Waals surface area contributed by atoms with E-state index in [9.17, 15) is 9.59 Å². The van der Waals surface area contributed by atoms with E-state index in [0.717, 1.165) is 6.42 Å². The van der Waals surface area contributed by atoms with Gasteiger partial charge in [-0.1, -0.05) is 29.3 Å². The minimum Gasteiger partial charge on any atom is -0.338 e. The fraction of sp³-hybridized carbons (Fsp3) is 0.353. The largest absolute Gasteiger partial charge is 0.338 e. The van der Waals surface area contributed by atoms with Crippen LogP contribution in [0.2, 0.25) is 10.0 Å². The van der Waals surface area contributed by atoms with E-state index in [1.807, 2.05) is 0 Å². The molecule has 3 N–H and O–H groups in total. The van der Waals surface area contributed by atoms with Crippen molar-refractivity contribution in [1.82, 2.24) is 14.9 Å². The van der Waals surface area contributed by atoms with Crippen LogP contribution in [0.1, 0.15) is 28.2 Å². The molecule has 1 aromatic heterocycles. The Morgan fingerprint density at radius 3 is 2.52 bits per heavy atom. The first-order valence-corrected chi connectivity index (χ1v) is 8.75. The lowest BCUT2D eigenvalue weighted by atomic mass is 10.1. The van der Waals surface area contributed by atoms with Gasteiger partial charge < -0.3 is 15.6 Å². The number of amides is 1. The highest BCUT2D eigenvalue weighted by Crippen LogP contribution is 2.25. The second-order valence-corrected chi connectivity index (χ2v) is 6.91. The average molecular weight is 454 g/mol. The summed E-state index contributed by atoms with van der Waals surface area (Å²) in [4.78, 5) is 33.3. The number of H-pyrrole nitrogens is 1. The number of halogens is 4. The lowest BCUT2D eigenvalue weighted by molar-refractivity contribution is 0.0785. The van der Waals surface area contributed by atoms with Gasteiger partial charge in [0.1, 0.15) is 11.4 Å². The third kappa shape index (κ3) is 5.36. The van der Waals surface area contributed by atoms with E-state index in [4.69, 9.17) is 28.9 Å². The van der Waals surface area contributed by atoms with Crippen LogP contribution < -0.4 is 11.3 Å². The zero-order valence-electron chi connectivity index (χ0n) is 14.3. The number of nitrogens with two attached hydrogens (primary N) is 1. The number of hydrogen-bond donors (Lipinski definition) is 2. The Hall–Kier alpha value is -1.31. The summed E-state index contributed by atoms with van der Waals surface area (Å²) < 4.78 is 0. The van der Waals surface area contributed by atoms with E-state index in [2.05, 4.69) is 9.97 Å². The van der Waals surface area contributed by atoms with Crippen LogP contribution >= 0.6 is 48.0 Å². The Morgan fingerprint density at radius 2 is 1.96 bits per heavy atom. The van der Waals surface area contributed by atoms with Crippen LogP contribution in [-0.4, -0.2) is 40.4 Å². The summed E-state index contributed by atoms with van der Waals surface area (Å²) >= 11 is 12.3. The van der Waals surface area contributed by atoms with Crippen molar-refractivity contribution in [3.05, 3.63) is 61.7 Å². The number of nitrogens with zero attached hydrogens (tertiary/aromatic N) is 2. The molecular formula is C17H20Cl4N4O2. The lowest BCUT2D eigenvalue weighted by Gasteiger charge is -2.15. The quantitative estimate of drug-likeness (QED) is 0.744. The van der Waals surface area contributed by atoms with Gasteiger partial charge in [-0.2, -0.15) is 0 Å². The van der Waals surface area contributed by atoms with Gasteiger partial charge in [0.2, 0.25) is 0 Å². The molecule has 3 rings (SSSR count). The zero-order chi connectivity index (χ0) is 18.0. The first kappa shape index (κ1) is 23.7. The highest BCUT2D eigenvalue weighted by molar-refractivity contribution is 6.36. The van der Waals surface area contributed by atoms with Crippen molar-refractivity contribution in [3.8, 4) is 0 Å². The third-order valence-corrected chi connectivity index (χ3v) is 5.10. The molecule has 2 heterocycles. The number of likely N-dealkylation sites (tertiary alicyclic amines) is 1. The number of hydrogen-bond acceptors (Lipinski definition) is 4. The van der Waals surface area contributed by atoms with Gasteiger partial charge in [-0.15, -0.1) is 24.8 Å². The van der Waals surface area contributed by atoms with E-state index in [-0.39, 0.29) is 48.6 Å². The topological polar surface area (TPSA) is 92.1 Å². The monoisotopic (exact) mass is 452 g/mol. The molecule has 0 radical (unpaired) electrons. The summed E-state index contributed by atoms with van der Waals surface area (Å²) in [6.07, 6.45) is 2.45. The molecule has 2 aromatic rings. The molecule has 1 fully saturated rings. The summed E-state index contributed by atoms with van der Waals surface area (Å²) in [7, 11) is 0. The maximum absolute atomic E-state index is 12.5. The Labute approximate surface area is 179 Å². The number of rotatable bonds is 4. The van der Waals surface area contributed by atoms with Crippen molar-refractivity contribution in [2.75, 3.05) is 19.6 Å². The third-order valence-electron chi connectivity index (χ3n) is 4.39. The molecule has 0 saturated carbocycles. The molecule has 1 atom stereocenters. The van der Waals surface area contributed by atoms with Crippen molar-refractivity contribution in [3.63, 3.8) is 0 Å². The van der Waals surface area contributed by atoms with Crippen molar-refractivity contribution in [2.45, 2.75) is 12.8 Å². The predicted molar refractivity (Wildman–Crippen MR) is 112 cm³/mol. The summed E-state index contributed by atoms with van der Waals surface area (Å²) in [6, 6.07) is 5.19. The molecule has 10 heteroatoms. The van der Waals surface area contributed by atoms with E-state index in [1.54, 1.807) is 23.1 Å². The van der Waals surface area contributed by atoms with E-state index < -0.39 is 5.56 Å². The van der Waals surface area contributed by atoms with Crippen LogP contribution in [0.15, 0.2) is 29.2 Å². The molecule has 1 aliphatic heterocycles. The van der Waals surface area contributed by atoms with Gasteiger partial charge in [-0.25, -0.2) is 4.98 Å². The number of benzene rings is 1. The maximum atomic E-state index is 12.5. The maximum Gasteiger partial charge on any atom is 0.263 e. The van der Waals surface area contributed by atoms with Crippen molar-refractivity contribution < 1.29 is 4.79 Å². The van der Waals surface area contributed by atoms with Gasteiger partial charge in [0.15, 0.2) is 0 Å². The molecular weight excluding hydrogens is 434 g/mol. The molecule has 0 aliphatic carbocycles. The second kappa shape index (κ2) is 10.3. The molecule has 1 saturated heterocycles. The predicted octanol–water partition coefficient (Wildman–Crippen LogP) is 2.93. The fourth-order valence-corrected chi connectivity index (χ4v) is 3.45. The fourth-order valence-electron chi connectivity index (χ4n) is 2.92. The first-order chi connectivity index (χ1) is 12.0. The average Bonchev–Trinajstić information content (AvgIpc) is 3.07. The van der Waals surface area contributed by atoms with E-state index in [1.165, 1.54) is 6.20 Å². The van der Waals surface area contributed by atoms with Gasteiger partial charge in [0, 0.05) is 35.8 Å². The SMILES string of the molecule is Cl.Cl.NCC1CCN(C(=O)c2cnc(Cc3c(Cl)cccc3Cl)[nH]c2=O)C1. The highest BCUT2D eigenvalue weighted by Gasteiger charge is 2.27. The molecule has 1 amide bonds. The summed E-state index contributed by atoms with van der Waals surface area (Å²) in [5.74, 6) is 0.377. The van der Waals surface area contributed by atoms with Gasteiger partial charge in [-0.3, -0.25) is 9.59 Å². The van der Waals surface area contributed by atoms with Gasteiger partial charge in [0.25, 0.3) is 11.5 Å². The highest BCUT2D eigenvalue weighted by atomic mass is 35.5. The molecule has 1 unspecified atom stereocenters. The minimum atomic E-state index is -0.464. The second-order valence-electron chi connectivity index (χ2n) is 6.09. The first-order valence-electron chi connectivity index (χ1n) is 8.00. The Balaban J connectivity index is 0.00000182. The number of nitrogens with one attached hydrogen (secondary N) is 1. The van der Waals surface area contributed by atoms with E-state index in [0.29, 0.717) is 41.1 Å². The zero-order valence-corrected chi connectivity index (χ0v) is 17.4. The summed E-state index contributed by atoms with van der Waals surface area (Å²) in [5.41, 5.74) is 5.89.